The second-order valence-electron chi connectivity index (χ2n) is 4.27. The Morgan fingerprint density at radius 1 is 1.53 bits per heavy atom. The number of nitrogens with zero attached hydrogens (tertiary/aromatic N) is 2. The summed E-state index contributed by atoms with van der Waals surface area (Å²) in [6.07, 6.45) is 5.18. The van der Waals surface area contributed by atoms with E-state index in [0.29, 0.717) is 0 Å². The minimum Gasteiger partial charge on any atom is -0.306 e. The standard InChI is InChI=1S/C13H19N3S/c1-4-6-14-13(11-8-15-16(3)9-11)12-5-7-17-10(12)2/h5,7-9,13-14H,4,6H2,1-3H3. The molecule has 1 N–H and O–H groups in total. The molecule has 2 rings (SSSR count). The van der Waals surface area contributed by atoms with Crippen molar-refractivity contribution in [1.29, 1.82) is 0 Å². The van der Waals surface area contributed by atoms with Crippen LogP contribution < -0.4 is 5.32 Å². The molecule has 2 aromatic heterocycles. The largest absolute Gasteiger partial charge is 0.306 e. The Hall–Kier alpha value is -1.13. The lowest BCUT2D eigenvalue weighted by molar-refractivity contribution is 0.597. The van der Waals surface area contributed by atoms with E-state index in [9.17, 15) is 0 Å². The van der Waals surface area contributed by atoms with Crippen molar-refractivity contribution in [1.82, 2.24) is 15.1 Å². The van der Waals surface area contributed by atoms with Crippen LogP contribution in [0.25, 0.3) is 0 Å². The van der Waals surface area contributed by atoms with Crippen LogP contribution in [0.15, 0.2) is 23.8 Å². The molecule has 2 heterocycles. The van der Waals surface area contributed by atoms with Crippen molar-refractivity contribution < 1.29 is 0 Å². The smallest absolute Gasteiger partial charge is 0.0618 e. The predicted molar refractivity (Wildman–Crippen MR) is 72.4 cm³/mol. The van der Waals surface area contributed by atoms with Crippen molar-refractivity contribution in [2.24, 2.45) is 7.05 Å². The quantitative estimate of drug-likeness (QED) is 0.883. The molecule has 0 spiro atoms. The van der Waals surface area contributed by atoms with Crippen LogP contribution >= 0.6 is 11.3 Å². The highest BCUT2D eigenvalue weighted by atomic mass is 32.1. The summed E-state index contributed by atoms with van der Waals surface area (Å²) in [5, 5.41) is 10.0. The molecule has 0 amide bonds. The first kappa shape index (κ1) is 12.3. The zero-order chi connectivity index (χ0) is 12.3. The maximum atomic E-state index is 4.27. The van der Waals surface area contributed by atoms with Gasteiger partial charge in [-0.15, -0.1) is 11.3 Å². The molecule has 0 saturated carbocycles. The van der Waals surface area contributed by atoms with Crippen molar-refractivity contribution >= 4 is 11.3 Å². The highest BCUT2D eigenvalue weighted by Gasteiger charge is 2.17. The molecule has 0 fully saturated rings. The van der Waals surface area contributed by atoms with E-state index >= 15 is 0 Å². The Bertz CT molecular complexity index is 472. The third-order valence-corrected chi connectivity index (χ3v) is 3.73. The number of hydrogen-bond acceptors (Lipinski definition) is 3. The van der Waals surface area contributed by atoms with Gasteiger partial charge in [-0.1, -0.05) is 6.92 Å². The molecule has 2 aromatic rings. The number of rotatable bonds is 5. The van der Waals surface area contributed by atoms with Gasteiger partial charge < -0.3 is 5.32 Å². The minimum absolute atomic E-state index is 0.273. The van der Waals surface area contributed by atoms with Gasteiger partial charge in [-0.2, -0.15) is 5.10 Å². The first-order chi connectivity index (χ1) is 8.22. The average Bonchev–Trinajstić information content (AvgIpc) is 2.90. The molecule has 0 aliphatic heterocycles. The summed E-state index contributed by atoms with van der Waals surface area (Å²) in [6, 6.07) is 2.48. The fraction of sp³-hybridized carbons (Fsp3) is 0.462. The maximum Gasteiger partial charge on any atom is 0.0618 e. The van der Waals surface area contributed by atoms with Gasteiger partial charge in [-0.3, -0.25) is 4.68 Å². The van der Waals surface area contributed by atoms with Gasteiger partial charge in [0.1, 0.15) is 0 Å². The molecule has 0 aliphatic rings. The van der Waals surface area contributed by atoms with E-state index in [0.717, 1.165) is 13.0 Å². The molecule has 92 valence electrons. The molecule has 4 heteroatoms. The lowest BCUT2D eigenvalue weighted by Crippen LogP contribution is -2.23. The lowest BCUT2D eigenvalue weighted by Gasteiger charge is -2.17. The monoisotopic (exact) mass is 249 g/mol. The van der Waals surface area contributed by atoms with Gasteiger partial charge in [0.05, 0.1) is 12.2 Å². The third-order valence-electron chi connectivity index (χ3n) is 2.87. The van der Waals surface area contributed by atoms with Crippen molar-refractivity contribution in [2.45, 2.75) is 26.3 Å². The molecule has 0 aliphatic carbocycles. The van der Waals surface area contributed by atoms with E-state index in [2.05, 4.69) is 41.9 Å². The number of aromatic nitrogens is 2. The number of aryl methyl sites for hydroxylation is 2. The molecule has 0 saturated heterocycles. The van der Waals surface area contributed by atoms with Crippen LogP contribution in [0.1, 0.15) is 35.4 Å². The molecule has 1 atom stereocenters. The highest BCUT2D eigenvalue weighted by molar-refractivity contribution is 7.10. The van der Waals surface area contributed by atoms with Crippen molar-refractivity contribution in [2.75, 3.05) is 6.54 Å². The summed E-state index contributed by atoms with van der Waals surface area (Å²) in [4.78, 5) is 1.38. The van der Waals surface area contributed by atoms with E-state index in [1.807, 2.05) is 17.9 Å². The van der Waals surface area contributed by atoms with Crippen molar-refractivity contribution in [3.63, 3.8) is 0 Å². The third kappa shape index (κ3) is 2.76. The summed E-state index contributed by atoms with van der Waals surface area (Å²) >= 11 is 1.80. The molecule has 3 nitrogen and oxygen atoms in total. The van der Waals surface area contributed by atoms with Crippen LogP contribution in [0, 0.1) is 6.92 Å². The second-order valence-corrected chi connectivity index (χ2v) is 5.39. The van der Waals surface area contributed by atoms with E-state index in [-0.39, 0.29) is 6.04 Å². The summed E-state index contributed by atoms with van der Waals surface area (Å²) in [6.45, 7) is 5.39. The number of nitrogens with one attached hydrogen (secondary N) is 1. The highest BCUT2D eigenvalue weighted by Crippen LogP contribution is 2.27. The molecular weight excluding hydrogens is 230 g/mol. The van der Waals surface area contributed by atoms with Crippen molar-refractivity contribution in [3.8, 4) is 0 Å². The van der Waals surface area contributed by atoms with E-state index in [1.54, 1.807) is 11.3 Å². The summed E-state index contributed by atoms with van der Waals surface area (Å²) in [5.41, 5.74) is 2.61. The minimum atomic E-state index is 0.273. The van der Waals surface area contributed by atoms with Crippen LogP contribution in [-0.2, 0) is 7.05 Å². The molecule has 1 unspecified atom stereocenters. The van der Waals surface area contributed by atoms with Gasteiger partial charge in [-0.25, -0.2) is 0 Å². The predicted octanol–water partition coefficient (Wildman–Crippen LogP) is 2.88. The Kier molecular flexibility index (Phi) is 3.97. The van der Waals surface area contributed by atoms with E-state index in [4.69, 9.17) is 0 Å². The van der Waals surface area contributed by atoms with Gasteiger partial charge in [0.25, 0.3) is 0 Å². The zero-order valence-corrected chi connectivity index (χ0v) is 11.4. The topological polar surface area (TPSA) is 29.9 Å². The fourth-order valence-electron chi connectivity index (χ4n) is 1.98. The molecule has 0 aromatic carbocycles. The van der Waals surface area contributed by atoms with Crippen LogP contribution in [0.3, 0.4) is 0 Å². The van der Waals surface area contributed by atoms with Crippen LogP contribution in [0.2, 0.25) is 0 Å². The molecular formula is C13H19N3S. The van der Waals surface area contributed by atoms with Gasteiger partial charge in [0.15, 0.2) is 0 Å². The normalized spacial score (nSPS) is 12.9. The van der Waals surface area contributed by atoms with Gasteiger partial charge in [-0.05, 0) is 36.9 Å². The summed E-state index contributed by atoms with van der Waals surface area (Å²) in [5.74, 6) is 0. The average molecular weight is 249 g/mol. The molecule has 0 radical (unpaired) electrons. The van der Waals surface area contributed by atoms with E-state index in [1.165, 1.54) is 16.0 Å². The molecule has 0 bridgehead atoms. The second kappa shape index (κ2) is 5.47. The van der Waals surface area contributed by atoms with Crippen molar-refractivity contribution in [3.05, 3.63) is 39.8 Å². The zero-order valence-electron chi connectivity index (χ0n) is 10.6. The first-order valence-electron chi connectivity index (χ1n) is 5.98. The fourth-order valence-corrected chi connectivity index (χ4v) is 2.72. The molecule has 17 heavy (non-hydrogen) atoms. The van der Waals surface area contributed by atoms with Crippen LogP contribution in [0.4, 0.5) is 0 Å². The lowest BCUT2D eigenvalue weighted by atomic mass is 10.0. The Labute approximate surface area is 106 Å². The summed E-state index contributed by atoms with van der Waals surface area (Å²) in [7, 11) is 1.96. The first-order valence-corrected chi connectivity index (χ1v) is 6.86. The number of hydrogen-bond donors (Lipinski definition) is 1. The number of thiophene rings is 1. The van der Waals surface area contributed by atoms with Gasteiger partial charge in [0.2, 0.25) is 0 Å². The van der Waals surface area contributed by atoms with E-state index < -0.39 is 0 Å². The van der Waals surface area contributed by atoms with Crippen LogP contribution in [-0.4, -0.2) is 16.3 Å². The summed E-state index contributed by atoms with van der Waals surface area (Å²) < 4.78 is 1.86. The van der Waals surface area contributed by atoms with Gasteiger partial charge >= 0.3 is 0 Å². The Morgan fingerprint density at radius 3 is 2.88 bits per heavy atom. The Balaban J connectivity index is 2.28. The maximum absolute atomic E-state index is 4.27. The van der Waals surface area contributed by atoms with Gasteiger partial charge in [0, 0.05) is 23.7 Å². The SMILES string of the molecule is CCCNC(c1cnn(C)c1)c1ccsc1C. The Morgan fingerprint density at radius 2 is 2.35 bits per heavy atom. The van der Waals surface area contributed by atoms with Crippen LogP contribution in [0.5, 0.6) is 0 Å².